The zero-order valence-corrected chi connectivity index (χ0v) is 12.9. The molecule has 2 amide bonds. The van der Waals surface area contributed by atoms with Crippen molar-refractivity contribution in [3.8, 4) is 0 Å². The zero-order valence-electron chi connectivity index (χ0n) is 12.9. The predicted octanol–water partition coefficient (Wildman–Crippen LogP) is 0.195. The van der Waals surface area contributed by atoms with Crippen molar-refractivity contribution in [1.29, 1.82) is 0 Å². The van der Waals surface area contributed by atoms with Crippen LogP contribution in [0.4, 0.5) is 4.79 Å². The van der Waals surface area contributed by atoms with Gasteiger partial charge in [-0.05, 0) is 25.3 Å². The highest BCUT2D eigenvalue weighted by Gasteiger charge is 2.25. The molecule has 1 fully saturated rings. The molecule has 0 bridgehead atoms. The topological polar surface area (TPSA) is 93.1 Å². The van der Waals surface area contributed by atoms with Gasteiger partial charge in [0.25, 0.3) is 0 Å². The molecule has 1 rings (SSSR count). The lowest BCUT2D eigenvalue weighted by molar-refractivity contribution is -0.139. The normalized spacial score (nSPS) is 18.4. The number of carboxylic acids is 1. The maximum Gasteiger partial charge on any atom is 0.326 e. The monoisotopic (exact) mass is 301 g/mol. The van der Waals surface area contributed by atoms with Crippen molar-refractivity contribution in [3.05, 3.63) is 0 Å². The van der Waals surface area contributed by atoms with Crippen LogP contribution < -0.4 is 5.32 Å². The number of aliphatic hydroxyl groups is 1. The molecule has 7 nitrogen and oxygen atoms in total. The number of rotatable bonds is 6. The molecule has 1 heterocycles. The Morgan fingerprint density at radius 3 is 2.48 bits per heavy atom. The van der Waals surface area contributed by atoms with Gasteiger partial charge in [-0.25, -0.2) is 9.59 Å². The van der Waals surface area contributed by atoms with Crippen molar-refractivity contribution < 1.29 is 19.8 Å². The van der Waals surface area contributed by atoms with E-state index in [1.54, 1.807) is 4.90 Å². The lowest BCUT2D eigenvalue weighted by atomic mass is 10.0. The summed E-state index contributed by atoms with van der Waals surface area (Å²) in [5, 5.41) is 20.7. The maximum absolute atomic E-state index is 12.2. The fourth-order valence-electron chi connectivity index (χ4n) is 2.47. The molecule has 0 radical (unpaired) electrons. The molecule has 0 aromatic rings. The third-order valence-electron chi connectivity index (χ3n) is 3.59. The van der Waals surface area contributed by atoms with Crippen LogP contribution in [0.5, 0.6) is 0 Å². The van der Waals surface area contributed by atoms with Crippen LogP contribution in [0, 0.1) is 5.92 Å². The summed E-state index contributed by atoms with van der Waals surface area (Å²) in [6.45, 7) is 7.31. The van der Waals surface area contributed by atoms with Gasteiger partial charge in [-0.2, -0.15) is 0 Å². The highest BCUT2D eigenvalue weighted by Crippen LogP contribution is 2.07. The number of carboxylic acid groups (broad SMARTS) is 1. The number of carbonyl (C=O) groups excluding carboxylic acids is 1. The highest BCUT2D eigenvalue weighted by molar-refractivity contribution is 5.82. The molecule has 0 spiro atoms. The number of hydrogen-bond donors (Lipinski definition) is 3. The molecule has 1 atom stereocenters. The number of amides is 2. The molecule has 1 aliphatic heterocycles. The first-order valence-electron chi connectivity index (χ1n) is 7.55. The second-order valence-electron chi connectivity index (χ2n) is 5.88. The molecule has 122 valence electrons. The molecule has 0 aromatic carbocycles. The summed E-state index contributed by atoms with van der Waals surface area (Å²) in [4.78, 5) is 27.2. The van der Waals surface area contributed by atoms with Crippen LogP contribution in [0.15, 0.2) is 0 Å². The van der Waals surface area contributed by atoms with Crippen molar-refractivity contribution in [3.63, 3.8) is 0 Å². The summed E-state index contributed by atoms with van der Waals surface area (Å²) in [5.74, 6) is -0.788. The highest BCUT2D eigenvalue weighted by atomic mass is 16.4. The zero-order chi connectivity index (χ0) is 15.8. The summed E-state index contributed by atoms with van der Waals surface area (Å²) < 4.78 is 0. The van der Waals surface area contributed by atoms with Crippen molar-refractivity contribution in [1.82, 2.24) is 15.1 Å². The van der Waals surface area contributed by atoms with E-state index in [2.05, 4.69) is 10.2 Å². The van der Waals surface area contributed by atoms with Crippen LogP contribution in [0.1, 0.15) is 26.7 Å². The fourth-order valence-corrected chi connectivity index (χ4v) is 2.47. The third-order valence-corrected chi connectivity index (χ3v) is 3.59. The van der Waals surface area contributed by atoms with Crippen molar-refractivity contribution in [2.45, 2.75) is 32.7 Å². The first-order valence-corrected chi connectivity index (χ1v) is 7.55. The molecular formula is C14H27N3O4. The van der Waals surface area contributed by atoms with E-state index in [1.807, 2.05) is 13.8 Å². The van der Waals surface area contributed by atoms with Crippen LogP contribution in [-0.2, 0) is 4.79 Å². The van der Waals surface area contributed by atoms with Crippen LogP contribution in [0.25, 0.3) is 0 Å². The van der Waals surface area contributed by atoms with Gasteiger partial charge < -0.3 is 20.4 Å². The van der Waals surface area contributed by atoms with Gasteiger partial charge in [0.15, 0.2) is 0 Å². The first-order chi connectivity index (χ1) is 9.93. The number of β-amino-alcohol motifs (C(OH)–C–C–N with tert-alkyl or cyclic N) is 1. The lowest BCUT2D eigenvalue weighted by Crippen LogP contribution is -2.49. The van der Waals surface area contributed by atoms with E-state index in [0.29, 0.717) is 32.6 Å². The van der Waals surface area contributed by atoms with E-state index in [9.17, 15) is 9.59 Å². The Morgan fingerprint density at radius 1 is 1.19 bits per heavy atom. The van der Waals surface area contributed by atoms with Crippen LogP contribution >= 0.6 is 0 Å². The summed E-state index contributed by atoms with van der Waals surface area (Å²) in [7, 11) is 0. The van der Waals surface area contributed by atoms with Gasteiger partial charge in [0.2, 0.25) is 0 Å². The van der Waals surface area contributed by atoms with Gasteiger partial charge in [0.1, 0.15) is 6.04 Å². The quantitative estimate of drug-likeness (QED) is 0.651. The molecule has 0 aromatic heterocycles. The van der Waals surface area contributed by atoms with E-state index in [0.717, 1.165) is 13.0 Å². The van der Waals surface area contributed by atoms with Gasteiger partial charge in [-0.15, -0.1) is 0 Å². The summed E-state index contributed by atoms with van der Waals surface area (Å²) >= 11 is 0. The van der Waals surface area contributed by atoms with Gasteiger partial charge in [0, 0.05) is 26.2 Å². The number of aliphatic hydroxyl groups excluding tert-OH is 1. The molecule has 0 aliphatic carbocycles. The minimum Gasteiger partial charge on any atom is -0.480 e. The number of carbonyl (C=O) groups is 2. The van der Waals surface area contributed by atoms with E-state index in [4.69, 9.17) is 10.2 Å². The molecule has 3 N–H and O–H groups in total. The summed E-state index contributed by atoms with van der Waals surface area (Å²) in [6, 6.07) is -1.15. The number of nitrogens with zero attached hydrogens (tertiary/aromatic N) is 2. The number of hydrogen-bond acceptors (Lipinski definition) is 4. The Labute approximate surface area is 125 Å². The fraction of sp³-hybridized carbons (Fsp3) is 0.857. The predicted molar refractivity (Wildman–Crippen MR) is 79.1 cm³/mol. The van der Waals surface area contributed by atoms with E-state index < -0.39 is 12.0 Å². The minimum atomic E-state index is -0.992. The third kappa shape index (κ3) is 6.31. The molecule has 1 aliphatic rings. The van der Waals surface area contributed by atoms with Crippen LogP contribution in [-0.4, -0.2) is 77.4 Å². The average molecular weight is 301 g/mol. The van der Waals surface area contributed by atoms with Crippen molar-refractivity contribution in [2.75, 3.05) is 39.3 Å². The summed E-state index contributed by atoms with van der Waals surface area (Å²) in [6.07, 6.45) is 1.25. The van der Waals surface area contributed by atoms with Gasteiger partial charge in [-0.3, -0.25) is 4.90 Å². The van der Waals surface area contributed by atoms with Gasteiger partial charge in [0.05, 0.1) is 6.61 Å². The number of aliphatic carboxylic acids is 1. The van der Waals surface area contributed by atoms with E-state index in [-0.39, 0.29) is 18.6 Å². The SMILES string of the molecule is CC(C)C[C@H](NC(=O)N1CCCN(CCO)CC1)C(=O)O. The van der Waals surface area contributed by atoms with Crippen LogP contribution in [0.2, 0.25) is 0 Å². The minimum absolute atomic E-state index is 0.113. The molecule has 21 heavy (non-hydrogen) atoms. The first kappa shape index (κ1) is 17.7. The smallest absolute Gasteiger partial charge is 0.326 e. The largest absolute Gasteiger partial charge is 0.480 e. The molecule has 7 heteroatoms. The Hall–Kier alpha value is -1.34. The maximum atomic E-state index is 12.2. The molecule has 0 saturated carbocycles. The molecule has 0 unspecified atom stereocenters. The Morgan fingerprint density at radius 2 is 1.90 bits per heavy atom. The number of nitrogens with one attached hydrogen (secondary N) is 1. The Bertz CT molecular complexity index is 349. The average Bonchev–Trinajstić information content (AvgIpc) is 2.63. The van der Waals surface area contributed by atoms with E-state index in [1.165, 1.54) is 0 Å². The Kier molecular flexibility index (Phi) is 7.45. The summed E-state index contributed by atoms with van der Waals surface area (Å²) in [5.41, 5.74) is 0. The second kappa shape index (κ2) is 8.84. The second-order valence-corrected chi connectivity index (χ2v) is 5.88. The van der Waals surface area contributed by atoms with E-state index >= 15 is 0 Å². The van der Waals surface area contributed by atoms with Crippen molar-refractivity contribution in [2.24, 2.45) is 5.92 Å². The molecule has 1 saturated heterocycles. The Balaban J connectivity index is 2.51. The van der Waals surface area contributed by atoms with Crippen molar-refractivity contribution >= 4 is 12.0 Å². The lowest BCUT2D eigenvalue weighted by Gasteiger charge is -2.24. The molecular weight excluding hydrogens is 274 g/mol. The number of urea groups is 1. The van der Waals surface area contributed by atoms with Gasteiger partial charge in [-0.1, -0.05) is 13.8 Å². The van der Waals surface area contributed by atoms with Crippen LogP contribution in [0.3, 0.4) is 0 Å². The van der Waals surface area contributed by atoms with Gasteiger partial charge >= 0.3 is 12.0 Å². The standard InChI is InChI=1S/C14H27N3O4/c1-11(2)10-12(13(19)20)15-14(21)17-5-3-4-16(6-7-17)8-9-18/h11-12,18H,3-10H2,1-2H3,(H,15,21)(H,19,20)/t12-/m0/s1.